The van der Waals surface area contributed by atoms with E-state index in [9.17, 15) is 24.0 Å². The first-order chi connectivity index (χ1) is 16.6. The Balaban J connectivity index is 1.83. The quantitative estimate of drug-likeness (QED) is 0.349. The fraction of sp³-hybridized carbons (Fsp3) is 0.833. The van der Waals surface area contributed by atoms with E-state index in [0.29, 0.717) is 25.3 Å². The van der Waals surface area contributed by atoms with Crippen LogP contribution in [0.2, 0.25) is 0 Å². The molecule has 1 saturated heterocycles. The highest BCUT2D eigenvalue weighted by Crippen LogP contribution is 2.65. The largest absolute Gasteiger partial charge is 0.332 e. The van der Waals surface area contributed by atoms with E-state index in [1.807, 2.05) is 34.6 Å². The lowest BCUT2D eigenvalue weighted by molar-refractivity contribution is -0.148. The van der Waals surface area contributed by atoms with Crippen molar-refractivity contribution in [1.29, 1.82) is 0 Å². The number of rotatable bonds is 12. The van der Waals surface area contributed by atoms with Crippen LogP contribution < -0.4 is 0 Å². The van der Waals surface area contributed by atoms with Crippen LogP contribution in [0.25, 0.3) is 0 Å². The van der Waals surface area contributed by atoms with Crippen LogP contribution >= 0.6 is 0 Å². The van der Waals surface area contributed by atoms with Crippen LogP contribution in [0.3, 0.4) is 0 Å². The average Bonchev–Trinajstić information content (AvgIpc) is 3.06. The minimum absolute atomic E-state index is 0.0229. The van der Waals surface area contributed by atoms with Gasteiger partial charge in [-0.05, 0) is 40.9 Å². The minimum Gasteiger partial charge on any atom is -0.332 e. The monoisotopic (exact) mass is 501 g/mol. The zero-order valence-corrected chi connectivity index (χ0v) is 23.7. The summed E-state index contributed by atoms with van der Waals surface area (Å²) in [5.74, 6) is -1.22. The van der Waals surface area contributed by atoms with Gasteiger partial charge >= 0.3 is 0 Å². The molecule has 202 valence electrons. The Morgan fingerprint density at radius 3 is 2.06 bits per heavy atom. The zero-order chi connectivity index (χ0) is 27.2. The molecule has 3 fully saturated rings. The first-order valence-electron chi connectivity index (χ1n) is 13.9. The lowest BCUT2D eigenvalue weighted by Crippen LogP contribution is -2.50. The molecule has 1 aliphatic heterocycles. The van der Waals surface area contributed by atoms with Crippen LogP contribution in [0.5, 0.6) is 0 Å². The lowest BCUT2D eigenvalue weighted by Gasteiger charge is -2.38. The molecule has 0 bridgehead atoms. The fourth-order valence-electron chi connectivity index (χ4n) is 6.68. The Hall–Kier alpha value is -1.85. The number of amides is 1. The van der Waals surface area contributed by atoms with Gasteiger partial charge in [-0.1, -0.05) is 67.7 Å². The number of hydrogen-bond donors (Lipinski definition) is 0. The predicted molar refractivity (Wildman–Crippen MR) is 139 cm³/mol. The summed E-state index contributed by atoms with van der Waals surface area (Å²) in [5, 5.41) is 0. The number of carbonyl (C=O) groups excluding carboxylic acids is 5. The molecule has 0 radical (unpaired) electrons. The molecule has 6 heteroatoms. The third-order valence-electron chi connectivity index (χ3n) is 9.24. The summed E-state index contributed by atoms with van der Waals surface area (Å²) in [6.07, 6.45) is 4.44. The highest BCUT2D eigenvalue weighted by atomic mass is 16.2. The molecule has 2 saturated carbocycles. The van der Waals surface area contributed by atoms with Crippen molar-refractivity contribution in [2.75, 3.05) is 6.54 Å². The molecule has 0 unspecified atom stereocenters. The molecule has 0 N–H and O–H groups in total. The SMILES string of the molecule is CC(=O)C(=O)[C@@H](CC(=O)[C@@H]1[C@@H]2[C@H](CN1C(=O)[C@@H](CC(=O)CC(C)C)C(C)(C)C)C2(C)C)CC1CCC1. The summed E-state index contributed by atoms with van der Waals surface area (Å²) < 4.78 is 0. The molecule has 1 amide bonds. The number of Topliss-reactive ketones (excluding diaryl/α,β-unsaturated/α-hetero) is 4. The summed E-state index contributed by atoms with van der Waals surface area (Å²) in [6, 6.07) is -0.578. The smallest absolute Gasteiger partial charge is 0.227 e. The van der Waals surface area contributed by atoms with Gasteiger partial charge in [0.05, 0.1) is 6.04 Å². The van der Waals surface area contributed by atoms with Gasteiger partial charge in [-0.3, -0.25) is 24.0 Å². The normalized spacial score (nSPS) is 26.7. The molecule has 5 atom stereocenters. The van der Waals surface area contributed by atoms with Crippen molar-refractivity contribution in [3.8, 4) is 0 Å². The van der Waals surface area contributed by atoms with E-state index in [2.05, 4.69) is 13.8 Å². The number of nitrogens with zero attached hydrogens (tertiary/aromatic N) is 1. The molecule has 3 rings (SSSR count). The van der Waals surface area contributed by atoms with Gasteiger partial charge < -0.3 is 4.90 Å². The van der Waals surface area contributed by atoms with Crippen molar-refractivity contribution >= 4 is 29.0 Å². The summed E-state index contributed by atoms with van der Waals surface area (Å²) in [4.78, 5) is 66.9. The van der Waals surface area contributed by atoms with Gasteiger partial charge in [0.2, 0.25) is 11.7 Å². The van der Waals surface area contributed by atoms with Crippen molar-refractivity contribution in [1.82, 2.24) is 4.90 Å². The second kappa shape index (κ2) is 10.5. The number of fused-ring (bicyclic) bond motifs is 1. The van der Waals surface area contributed by atoms with Crippen LogP contribution in [0, 0.1) is 46.3 Å². The van der Waals surface area contributed by atoms with E-state index < -0.39 is 34.9 Å². The number of hydrogen-bond acceptors (Lipinski definition) is 5. The van der Waals surface area contributed by atoms with Crippen LogP contribution in [-0.4, -0.2) is 46.5 Å². The third-order valence-corrected chi connectivity index (χ3v) is 9.24. The molecule has 36 heavy (non-hydrogen) atoms. The predicted octanol–water partition coefficient (Wildman–Crippen LogP) is 5.06. The van der Waals surface area contributed by atoms with Gasteiger partial charge in [-0.15, -0.1) is 0 Å². The van der Waals surface area contributed by atoms with E-state index in [0.717, 1.165) is 19.3 Å². The number of piperidine rings is 1. The van der Waals surface area contributed by atoms with Crippen molar-refractivity contribution < 1.29 is 24.0 Å². The first-order valence-corrected chi connectivity index (χ1v) is 13.9. The van der Waals surface area contributed by atoms with Gasteiger partial charge in [0.25, 0.3) is 0 Å². The van der Waals surface area contributed by atoms with Gasteiger partial charge in [0.15, 0.2) is 11.6 Å². The molecule has 0 aromatic rings. The maximum Gasteiger partial charge on any atom is 0.227 e. The van der Waals surface area contributed by atoms with Gasteiger partial charge in [0, 0.05) is 44.6 Å². The highest BCUT2D eigenvalue weighted by Gasteiger charge is 2.69. The summed E-state index contributed by atoms with van der Waals surface area (Å²) in [7, 11) is 0. The van der Waals surface area contributed by atoms with Gasteiger partial charge in [0.1, 0.15) is 5.78 Å². The molecule has 2 aliphatic carbocycles. The van der Waals surface area contributed by atoms with E-state index in [1.54, 1.807) is 4.90 Å². The Labute approximate surface area is 217 Å². The third kappa shape index (κ3) is 5.99. The Bertz CT molecular complexity index is 907. The first kappa shape index (κ1) is 28.7. The number of carbonyl (C=O) groups is 5. The average molecular weight is 502 g/mol. The number of ketones is 4. The minimum atomic E-state index is -0.593. The van der Waals surface area contributed by atoms with Gasteiger partial charge in [-0.2, -0.15) is 0 Å². The molecule has 1 heterocycles. The van der Waals surface area contributed by atoms with Crippen LogP contribution in [0.4, 0.5) is 0 Å². The lowest BCUT2D eigenvalue weighted by atomic mass is 9.75. The maximum atomic E-state index is 14.0. The van der Waals surface area contributed by atoms with E-state index in [1.165, 1.54) is 6.92 Å². The number of likely N-dealkylation sites (tertiary alicyclic amines) is 1. The van der Waals surface area contributed by atoms with Crippen molar-refractivity contribution in [3.63, 3.8) is 0 Å². The zero-order valence-electron chi connectivity index (χ0n) is 23.7. The molecule has 0 aromatic heterocycles. The Kier molecular flexibility index (Phi) is 8.37. The second-order valence-electron chi connectivity index (χ2n) is 14.0. The molecule has 0 aromatic carbocycles. The van der Waals surface area contributed by atoms with E-state index in [-0.39, 0.29) is 53.5 Å². The van der Waals surface area contributed by atoms with Crippen molar-refractivity contribution in [3.05, 3.63) is 0 Å². The summed E-state index contributed by atoms with van der Waals surface area (Å²) >= 11 is 0. The van der Waals surface area contributed by atoms with E-state index in [4.69, 9.17) is 0 Å². The van der Waals surface area contributed by atoms with Crippen molar-refractivity contribution in [2.24, 2.45) is 46.3 Å². The van der Waals surface area contributed by atoms with E-state index >= 15 is 0 Å². The maximum absolute atomic E-state index is 14.0. The summed E-state index contributed by atoms with van der Waals surface area (Å²) in [5.41, 5.74) is -0.452. The van der Waals surface area contributed by atoms with Crippen LogP contribution in [-0.2, 0) is 24.0 Å². The second-order valence-corrected chi connectivity index (χ2v) is 14.0. The molecule has 3 aliphatic rings. The standard InChI is InChI=1S/C30H47NO5/c1-17(2)12-21(33)15-22(29(4,5)6)28(36)31-16-23-25(30(23,7)8)26(31)24(34)14-20(27(35)18(3)32)13-19-10-9-11-19/h17,19-20,22-23,25-26H,9-16H2,1-8H3/t20-,22-,23+,25+,26-/m1/s1. The molecular weight excluding hydrogens is 454 g/mol. The van der Waals surface area contributed by atoms with Crippen molar-refractivity contribution in [2.45, 2.75) is 106 Å². The fourth-order valence-corrected chi connectivity index (χ4v) is 6.68. The summed E-state index contributed by atoms with van der Waals surface area (Å²) in [6.45, 7) is 16.0. The Morgan fingerprint density at radius 1 is 0.972 bits per heavy atom. The van der Waals surface area contributed by atoms with Gasteiger partial charge in [-0.25, -0.2) is 0 Å². The van der Waals surface area contributed by atoms with Crippen LogP contribution in [0.15, 0.2) is 0 Å². The molecular formula is C30H47NO5. The molecule has 6 nitrogen and oxygen atoms in total. The van der Waals surface area contributed by atoms with Crippen LogP contribution in [0.1, 0.15) is 100 Å². The topological polar surface area (TPSA) is 88.6 Å². The Morgan fingerprint density at radius 2 is 1.58 bits per heavy atom. The molecule has 0 spiro atoms. The highest BCUT2D eigenvalue weighted by molar-refractivity contribution is 6.37.